The lowest BCUT2D eigenvalue weighted by Crippen LogP contribution is -2.17. The Morgan fingerprint density at radius 1 is 1.14 bits per heavy atom. The molecule has 0 unspecified atom stereocenters. The van der Waals surface area contributed by atoms with Crippen molar-refractivity contribution < 1.29 is 32.3 Å². The van der Waals surface area contributed by atoms with E-state index in [1.807, 2.05) is 0 Å². The molecule has 9 nitrogen and oxygen atoms in total. The summed E-state index contributed by atoms with van der Waals surface area (Å²) in [6.07, 6.45) is 0. The zero-order chi connectivity index (χ0) is 21.9. The molecule has 2 aromatic rings. The first-order valence-electron chi connectivity index (χ1n) is 8.36. The third kappa shape index (κ3) is 5.11. The van der Waals surface area contributed by atoms with Gasteiger partial charge < -0.3 is 14.5 Å². The standard InChI is InChI=1S/C18H19BrN2O7S/c1-4-27-18(24)15-9(2)16(21-10(15)3)14(22)8-28-17(23)12-7-11(29(20,25)26)5-6-13(12)19/h5-7,21H,4,8H2,1-3H3,(H2,20,25,26). The Kier molecular flexibility index (Phi) is 6.98. The molecule has 0 fully saturated rings. The van der Waals surface area contributed by atoms with Gasteiger partial charge in [-0.1, -0.05) is 0 Å². The van der Waals surface area contributed by atoms with Crippen LogP contribution in [0.4, 0.5) is 0 Å². The first-order chi connectivity index (χ1) is 13.5. The summed E-state index contributed by atoms with van der Waals surface area (Å²) in [6.45, 7) is 4.45. The monoisotopic (exact) mass is 486 g/mol. The number of aromatic nitrogens is 1. The number of benzene rings is 1. The number of ether oxygens (including phenoxy) is 2. The molecule has 3 N–H and O–H groups in total. The van der Waals surface area contributed by atoms with E-state index in [1.54, 1.807) is 20.8 Å². The van der Waals surface area contributed by atoms with Gasteiger partial charge in [0.1, 0.15) is 0 Å². The minimum absolute atomic E-state index is 0.101. The van der Waals surface area contributed by atoms with Gasteiger partial charge in [0.2, 0.25) is 15.8 Å². The largest absolute Gasteiger partial charge is 0.462 e. The van der Waals surface area contributed by atoms with Crippen LogP contribution in [0.2, 0.25) is 0 Å². The number of primary sulfonamides is 1. The number of H-pyrrole nitrogens is 1. The molecule has 0 aliphatic heterocycles. The summed E-state index contributed by atoms with van der Waals surface area (Å²) < 4.78 is 33.2. The van der Waals surface area contributed by atoms with Crippen molar-refractivity contribution in [1.29, 1.82) is 0 Å². The lowest BCUT2D eigenvalue weighted by atomic mass is 10.1. The maximum absolute atomic E-state index is 12.5. The summed E-state index contributed by atoms with van der Waals surface area (Å²) in [6, 6.07) is 3.61. The number of hydrogen-bond acceptors (Lipinski definition) is 7. The van der Waals surface area contributed by atoms with E-state index in [0.29, 0.717) is 11.3 Å². The van der Waals surface area contributed by atoms with Crippen LogP contribution in [0.25, 0.3) is 0 Å². The lowest BCUT2D eigenvalue weighted by molar-refractivity contribution is 0.0471. The normalized spacial score (nSPS) is 11.2. The highest BCUT2D eigenvalue weighted by atomic mass is 79.9. The van der Waals surface area contributed by atoms with Crippen molar-refractivity contribution >= 4 is 43.7 Å². The minimum Gasteiger partial charge on any atom is -0.462 e. The number of Topliss-reactive ketones (excluding diaryl/α,β-unsaturated/α-hetero) is 1. The summed E-state index contributed by atoms with van der Waals surface area (Å²) >= 11 is 3.13. The number of sulfonamides is 1. The van der Waals surface area contributed by atoms with E-state index >= 15 is 0 Å². The minimum atomic E-state index is -4.01. The molecule has 1 aromatic carbocycles. The van der Waals surface area contributed by atoms with E-state index < -0.39 is 34.4 Å². The van der Waals surface area contributed by atoms with Crippen molar-refractivity contribution in [3.63, 3.8) is 0 Å². The highest BCUT2D eigenvalue weighted by Gasteiger charge is 2.24. The number of hydrogen-bond donors (Lipinski definition) is 2. The van der Waals surface area contributed by atoms with Gasteiger partial charge in [0.25, 0.3) is 0 Å². The number of nitrogens with two attached hydrogens (primary N) is 1. The van der Waals surface area contributed by atoms with Crippen LogP contribution in [-0.4, -0.2) is 44.3 Å². The van der Waals surface area contributed by atoms with Crippen LogP contribution in [0, 0.1) is 13.8 Å². The van der Waals surface area contributed by atoms with E-state index in [2.05, 4.69) is 20.9 Å². The van der Waals surface area contributed by atoms with E-state index in [-0.39, 0.29) is 32.8 Å². The molecule has 2 rings (SSSR count). The number of aryl methyl sites for hydroxylation is 1. The SMILES string of the molecule is CCOC(=O)c1c(C)[nH]c(C(=O)COC(=O)c2cc(S(N)(=O)=O)ccc2Br)c1C. The first kappa shape index (κ1) is 22.8. The number of aromatic amines is 1. The summed E-state index contributed by atoms with van der Waals surface area (Å²) in [5, 5.41) is 5.06. The summed E-state index contributed by atoms with van der Waals surface area (Å²) in [5.74, 6) is -2.03. The van der Waals surface area contributed by atoms with Crippen LogP contribution >= 0.6 is 15.9 Å². The third-order valence-electron chi connectivity index (χ3n) is 4.02. The van der Waals surface area contributed by atoms with Crippen molar-refractivity contribution in [2.45, 2.75) is 25.7 Å². The van der Waals surface area contributed by atoms with Crippen LogP contribution < -0.4 is 5.14 Å². The second-order valence-corrected chi connectivity index (χ2v) is 8.45. The number of esters is 2. The van der Waals surface area contributed by atoms with Crippen molar-refractivity contribution in [2.24, 2.45) is 5.14 Å². The predicted molar refractivity (Wildman–Crippen MR) is 106 cm³/mol. The number of rotatable bonds is 7. The molecular formula is C18H19BrN2O7S. The quantitative estimate of drug-likeness (QED) is 0.450. The fraction of sp³-hybridized carbons (Fsp3) is 0.278. The van der Waals surface area contributed by atoms with Crippen molar-refractivity contribution in [3.05, 3.63) is 50.8 Å². The fourth-order valence-corrected chi connectivity index (χ4v) is 3.61. The second kappa shape index (κ2) is 8.89. The van der Waals surface area contributed by atoms with E-state index in [1.165, 1.54) is 12.1 Å². The number of carbonyl (C=O) groups excluding carboxylic acids is 3. The van der Waals surface area contributed by atoms with Gasteiger partial charge in [-0.2, -0.15) is 0 Å². The summed E-state index contributed by atoms with van der Waals surface area (Å²) in [4.78, 5) is 39.3. The molecule has 0 saturated carbocycles. The Balaban J connectivity index is 2.19. The zero-order valence-electron chi connectivity index (χ0n) is 15.9. The van der Waals surface area contributed by atoms with Gasteiger partial charge in [0.05, 0.1) is 28.3 Å². The zero-order valence-corrected chi connectivity index (χ0v) is 18.3. The smallest absolute Gasteiger partial charge is 0.340 e. The first-order valence-corrected chi connectivity index (χ1v) is 10.7. The number of nitrogens with one attached hydrogen (secondary N) is 1. The Hall–Kier alpha value is -2.50. The van der Waals surface area contributed by atoms with Crippen LogP contribution in [0.5, 0.6) is 0 Å². The van der Waals surface area contributed by atoms with Crippen LogP contribution in [0.15, 0.2) is 27.6 Å². The summed E-state index contributed by atoms with van der Waals surface area (Å²) in [7, 11) is -4.01. The topological polar surface area (TPSA) is 146 Å². The van der Waals surface area contributed by atoms with Gasteiger partial charge in [-0.25, -0.2) is 23.1 Å². The molecule has 0 saturated heterocycles. The predicted octanol–water partition coefficient (Wildman–Crippen LogP) is 2.26. The van der Waals surface area contributed by atoms with Gasteiger partial charge in [0, 0.05) is 10.2 Å². The number of ketones is 1. The highest BCUT2D eigenvalue weighted by Crippen LogP contribution is 2.22. The van der Waals surface area contributed by atoms with Gasteiger partial charge in [-0.15, -0.1) is 0 Å². The van der Waals surface area contributed by atoms with E-state index in [9.17, 15) is 22.8 Å². The van der Waals surface area contributed by atoms with Crippen molar-refractivity contribution in [2.75, 3.05) is 13.2 Å². The van der Waals surface area contributed by atoms with Crippen LogP contribution in [0.3, 0.4) is 0 Å². The van der Waals surface area contributed by atoms with Crippen LogP contribution in [0.1, 0.15) is 49.4 Å². The second-order valence-electron chi connectivity index (χ2n) is 6.03. The molecule has 29 heavy (non-hydrogen) atoms. The molecule has 11 heteroatoms. The van der Waals surface area contributed by atoms with Gasteiger partial charge in [0.15, 0.2) is 6.61 Å². The molecule has 0 amide bonds. The Morgan fingerprint density at radius 2 is 1.79 bits per heavy atom. The maximum Gasteiger partial charge on any atom is 0.340 e. The number of carbonyl (C=O) groups is 3. The summed E-state index contributed by atoms with van der Waals surface area (Å²) in [5.41, 5.74) is 1.12. The van der Waals surface area contributed by atoms with Gasteiger partial charge in [-0.05, 0) is 60.5 Å². The average Bonchev–Trinajstić information content (AvgIpc) is 2.93. The Labute approximate surface area is 175 Å². The van der Waals surface area contributed by atoms with Gasteiger partial charge in [-0.3, -0.25) is 4.79 Å². The molecule has 156 valence electrons. The average molecular weight is 487 g/mol. The van der Waals surface area contributed by atoms with E-state index in [0.717, 1.165) is 6.07 Å². The number of halogens is 1. The fourth-order valence-electron chi connectivity index (χ4n) is 2.66. The molecule has 0 radical (unpaired) electrons. The molecule has 1 aromatic heterocycles. The molecule has 1 heterocycles. The molecule has 0 aliphatic carbocycles. The van der Waals surface area contributed by atoms with Gasteiger partial charge >= 0.3 is 11.9 Å². The molecule has 0 aliphatic rings. The highest BCUT2D eigenvalue weighted by molar-refractivity contribution is 9.10. The lowest BCUT2D eigenvalue weighted by Gasteiger charge is -2.08. The molecule has 0 spiro atoms. The molecule has 0 bridgehead atoms. The van der Waals surface area contributed by atoms with Crippen LogP contribution in [-0.2, 0) is 19.5 Å². The maximum atomic E-state index is 12.5. The Bertz CT molecular complexity index is 1090. The Morgan fingerprint density at radius 3 is 2.38 bits per heavy atom. The third-order valence-corrected chi connectivity index (χ3v) is 5.62. The molecular weight excluding hydrogens is 468 g/mol. The molecule has 0 atom stereocenters. The van der Waals surface area contributed by atoms with Crippen molar-refractivity contribution in [1.82, 2.24) is 4.98 Å². The van der Waals surface area contributed by atoms with Crippen molar-refractivity contribution in [3.8, 4) is 0 Å². The van der Waals surface area contributed by atoms with E-state index in [4.69, 9.17) is 14.6 Å².